The molecule has 1 aromatic carbocycles. The van der Waals surface area contributed by atoms with E-state index < -0.39 is 28.0 Å². The van der Waals surface area contributed by atoms with E-state index in [9.17, 15) is 26.4 Å². The second kappa shape index (κ2) is 7.93. The van der Waals surface area contributed by atoms with E-state index >= 15 is 0 Å². The largest absolute Gasteiger partial charge is 1.00 e. The predicted octanol–water partition coefficient (Wildman–Crippen LogP) is 0.582. The summed E-state index contributed by atoms with van der Waals surface area (Å²) in [7, 11) is -4.73. The van der Waals surface area contributed by atoms with Gasteiger partial charge in [-0.15, -0.1) is 0 Å². The van der Waals surface area contributed by atoms with Gasteiger partial charge in [-0.3, -0.25) is 4.79 Å². The molecule has 2 aliphatic rings. The zero-order valence-electron chi connectivity index (χ0n) is 15.6. The Kier molecular flexibility index (Phi) is 6.06. The Balaban J connectivity index is 0.00000240. The molecule has 0 saturated heterocycles. The standard InChI is InChI=1S/C17H17F3N4O3S.Na/c18-17(19,20)12-8-21-24(9-12)28(26,27)23-16(25)22-15-13-5-1-3-10(13)7-11-4-2-6-14(11)15;/h7-9H,1-6H2,(H2,22,23,25);/q;+1/p-1. The molecule has 1 heterocycles. The molecule has 0 radical (unpaired) electrons. The summed E-state index contributed by atoms with van der Waals surface area (Å²) >= 11 is 0. The fourth-order valence-electron chi connectivity index (χ4n) is 3.82. The van der Waals surface area contributed by atoms with Gasteiger partial charge in [-0.2, -0.15) is 22.4 Å². The first-order valence-electron chi connectivity index (χ1n) is 8.73. The van der Waals surface area contributed by atoms with Crippen LogP contribution in [0.15, 0.2) is 18.5 Å². The molecular weight excluding hydrogens is 420 g/mol. The van der Waals surface area contributed by atoms with Gasteiger partial charge in [0.25, 0.3) is 10.2 Å². The molecule has 0 fully saturated rings. The third-order valence-electron chi connectivity index (χ3n) is 5.03. The van der Waals surface area contributed by atoms with Gasteiger partial charge < -0.3 is 10.0 Å². The Hall–Kier alpha value is -1.56. The molecule has 0 atom stereocenters. The fraction of sp³-hybridized carbons (Fsp3) is 0.412. The average Bonchev–Trinajstić information content (AvgIpc) is 3.33. The normalized spacial score (nSPS) is 15.4. The van der Waals surface area contributed by atoms with Crippen molar-refractivity contribution in [2.75, 3.05) is 5.32 Å². The van der Waals surface area contributed by atoms with Crippen LogP contribution in [-0.4, -0.2) is 23.6 Å². The molecule has 0 saturated carbocycles. The van der Waals surface area contributed by atoms with Crippen molar-refractivity contribution in [3.05, 3.63) is 51.0 Å². The van der Waals surface area contributed by atoms with Crippen LogP contribution >= 0.6 is 0 Å². The molecular formula is C17H16F3N4NaO3S. The molecule has 2 aromatic rings. The van der Waals surface area contributed by atoms with Crippen molar-refractivity contribution in [3.8, 4) is 0 Å². The third-order valence-corrected chi connectivity index (χ3v) is 6.10. The van der Waals surface area contributed by atoms with Crippen LogP contribution in [0.3, 0.4) is 0 Å². The van der Waals surface area contributed by atoms with E-state index in [1.165, 1.54) is 0 Å². The van der Waals surface area contributed by atoms with Gasteiger partial charge in [0, 0.05) is 0 Å². The Morgan fingerprint density at radius 1 is 1.10 bits per heavy atom. The van der Waals surface area contributed by atoms with Crippen molar-refractivity contribution >= 4 is 21.9 Å². The van der Waals surface area contributed by atoms with E-state index in [-0.39, 0.29) is 39.8 Å². The number of carbonyl (C=O) groups is 1. The van der Waals surface area contributed by atoms with Gasteiger partial charge in [0.15, 0.2) is 6.03 Å². The second-order valence-electron chi connectivity index (χ2n) is 6.83. The summed E-state index contributed by atoms with van der Waals surface area (Å²) in [5.74, 6) is 0. The molecule has 0 unspecified atom stereocenters. The number of amides is 2. The van der Waals surface area contributed by atoms with Crippen LogP contribution in [0.25, 0.3) is 4.72 Å². The maximum Gasteiger partial charge on any atom is 1.00 e. The van der Waals surface area contributed by atoms with Gasteiger partial charge in [0.2, 0.25) is 0 Å². The summed E-state index contributed by atoms with van der Waals surface area (Å²) in [5.41, 5.74) is 3.61. The summed E-state index contributed by atoms with van der Waals surface area (Å²) in [4.78, 5) is 12.3. The van der Waals surface area contributed by atoms with Crippen molar-refractivity contribution in [2.24, 2.45) is 0 Å². The third kappa shape index (κ3) is 4.32. The van der Waals surface area contributed by atoms with Crippen molar-refractivity contribution in [3.63, 3.8) is 0 Å². The number of alkyl halides is 3. The number of aryl methyl sites for hydroxylation is 2. The van der Waals surface area contributed by atoms with E-state index in [0.29, 0.717) is 11.9 Å². The smallest absolute Gasteiger partial charge is 0.423 e. The number of benzene rings is 1. The van der Waals surface area contributed by atoms with E-state index in [1.54, 1.807) is 0 Å². The monoisotopic (exact) mass is 436 g/mol. The van der Waals surface area contributed by atoms with Crippen molar-refractivity contribution in [1.82, 2.24) is 9.19 Å². The van der Waals surface area contributed by atoms with E-state index in [0.717, 1.165) is 60.8 Å². The van der Waals surface area contributed by atoms with E-state index in [1.807, 2.05) is 0 Å². The number of nitrogens with one attached hydrogen (secondary N) is 1. The topological polar surface area (TPSA) is 95.2 Å². The molecule has 150 valence electrons. The molecule has 0 bridgehead atoms. The Bertz CT molecular complexity index is 1030. The average molecular weight is 436 g/mol. The molecule has 4 rings (SSSR count). The number of rotatable bonds is 3. The van der Waals surface area contributed by atoms with Crippen LogP contribution in [0.4, 0.5) is 23.7 Å². The maximum atomic E-state index is 12.6. The predicted molar refractivity (Wildman–Crippen MR) is 94.4 cm³/mol. The summed E-state index contributed by atoms with van der Waals surface area (Å²) in [6.07, 6.45) is 1.14. The number of nitrogens with zero attached hydrogens (tertiary/aromatic N) is 3. The number of urea groups is 1. The summed E-state index contributed by atoms with van der Waals surface area (Å²) in [5, 5.41) is 5.72. The summed E-state index contributed by atoms with van der Waals surface area (Å²) < 4.78 is 65.3. The van der Waals surface area contributed by atoms with Crippen molar-refractivity contribution in [2.45, 2.75) is 44.7 Å². The van der Waals surface area contributed by atoms with Crippen LogP contribution in [-0.2, 0) is 42.1 Å². The number of halogens is 3. The molecule has 29 heavy (non-hydrogen) atoms. The first-order valence-corrected chi connectivity index (χ1v) is 10.1. The van der Waals surface area contributed by atoms with Crippen molar-refractivity contribution in [1.29, 1.82) is 0 Å². The Morgan fingerprint density at radius 3 is 2.21 bits per heavy atom. The van der Waals surface area contributed by atoms with Gasteiger partial charge in [-0.25, -0.2) is 8.42 Å². The summed E-state index contributed by atoms with van der Waals surface area (Å²) in [6, 6.07) is 0.995. The molecule has 0 aliphatic heterocycles. The summed E-state index contributed by atoms with van der Waals surface area (Å²) in [6.45, 7) is 0. The number of hydrogen-bond acceptors (Lipinski definition) is 4. The quantitative estimate of drug-likeness (QED) is 0.713. The van der Waals surface area contributed by atoms with Crippen molar-refractivity contribution < 1.29 is 55.9 Å². The molecule has 0 spiro atoms. The van der Waals surface area contributed by atoms with Crippen LogP contribution in [0.5, 0.6) is 0 Å². The van der Waals surface area contributed by atoms with Crippen LogP contribution in [0.1, 0.15) is 40.7 Å². The van der Waals surface area contributed by atoms with Gasteiger partial charge in [-0.1, -0.05) is 6.07 Å². The minimum atomic E-state index is -4.75. The first kappa shape index (κ1) is 22.1. The number of aromatic nitrogens is 2. The maximum absolute atomic E-state index is 12.6. The van der Waals surface area contributed by atoms with Gasteiger partial charge in [0.05, 0.1) is 18.0 Å². The molecule has 12 heteroatoms. The molecule has 2 aliphatic carbocycles. The minimum Gasteiger partial charge on any atom is -0.423 e. The molecule has 2 amide bonds. The van der Waals surface area contributed by atoms with Crippen LogP contribution in [0.2, 0.25) is 0 Å². The first-order chi connectivity index (χ1) is 13.1. The molecule has 1 aromatic heterocycles. The fourth-order valence-corrected chi connectivity index (χ4v) is 4.57. The van der Waals surface area contributed by atoms with E-state index in [4.69, 9.17) is 0 Å². The van der Waals surface area contributed by atoms with Gasteiger partial charge >= 0.3 is 35.7 Å². The Labute approximate surface area is 187 Å². The van der Waals surface area contributed by atoms with E-state index in [2.05, 4.69) is 21.2 Å². The number of carbonyl (C=O) groups excluding carboxylic acids is 1. The SMILES string of the molecule is O=C([N-]S(=O)(=O)n1cc(C(F)(F)F)cn1)Nc1c2c(cc3c1CCC3)CCC2.[Na+]. The zero-order chi connectivity index (χ0) is 20.1. The van der Waals surface area contributed by atoms with Gasteiger partial charge in [-0.05, 0) is 66.5 Å². The van der Waals surface area contributed by atoms with Crippen LogP contribution in [0, 0.1) is 0 Å². The second-order valence-corrected chi connectivity index (χ2v) is 8.28. The molecule has 1 N–H and O–H groups in total. The number of anilines is 1. The number of hydrogen-bond donors (Lipinski definition) is 1. The minimum absolute atomic E-state index is 0. The Morgan fingerprint density at radius 2 is 1.69 bits per heavy atom. The van der Waals surface area contributed by atoms with Gasteiger partial charge in [0.1, 0.15) is 0 Å². The zero-order valence-corrected chi connectivity index (χ0v) is 18.4. The van der Waals surface area contributed by atoms with Crippen LogP contribution < -0.4 is 34.9 Å². The number of fused-ring (bicyclic) bond motifs is 2. The molecule has 7 nitrogen and oxygen atoms in total.